The molecule has 2 atom stereocenters. The Morgan fingerprint density at radius 2 is 2.64 bits per heavy atom. The summed E-state index contributed by atoms with van der Waals surface area (Å²) in [4.78, 5) is 0. The van der Waals surface area contributed by atoms with Gasteiger partial charge in [-0.25, -0.2) is 0 Å². The molecule has 4 heteroatoms. The molecule has 0 bridgehead atoms. The van der Waals surface area contributed by atoms with Gasteiger partial charge in [-0.05, 0) is 19.3 Å². The Kier molecular flexibility index (Phi) is 3.03. The number of ether oxygens (including phenoxy) is 1. The first-order valence-corrected chi connectivity index (χ1v) is 5.25. The van der Waals surface area contributed by atoms with Crippen LogP contribution in [-0.2, 0) is 4.74 Å². The van der Waals surface area contributed by atoms with E-state index in [1.807, 2.05) is 12.4 Å². The van der Waals surface area contributed by atoms with Crippen LogP contribution in [0.4, 0.5) is 5.69 Å². The zero-order valence-corrected chi connectivity index (χ0v) is 8.49. The third-order valence-electron chi connectivity index (χ3n) is 2.69. The van der Waals surface area contributed by atoms with Crippen LogP contribution in [0.1, 0.15) is 26.2 Å². The molecule has 4 nitrogen and oxygen atoms in total. The molecule has 0 radical (unpaired) electrons. The largest absolute Gasteiger partial charge is 0.380 e. The van der Waals surface area contributed by atoms with Crippen molar-refractivity contribution in [2.24, 2.45) is 0 Å². The molecule has 1 saturated heterocycles. The van der Waals surface area contributed by atoms with Crippen LogP contribution in [-0.4, -0.2) is 29.0 Å². The van der Waals surface area contributed by atoms with Crippen LogP contribution in [0, 0.1) is 0 Å². The molecule has 14 heavy (non-hydrogen) atoms. The third kappa shape index (κ3) is 2.26. The van der Waals surface area contributed by atoms with Crippen LogP contribution in [0.2, 0.25) is 0 Å². The second-order valence-electron chi connectivity index (χ2n) is 3.75. The molecule has 0 spiro atoms. The molecular formula is C10H17N3O. The van der Waals surface area contributed by atoms with Crippen LogP contribution in [0.15, 0.2) is 12.4 Å². The number of nitrogens with zero attached hydrogens (tertiary/aromatic N) is 1. The van der Waals surface area contributed by atoms with Crippen molar-refractivity contribution >= 4 is 5.69 Å². The van der Waals surface area contributed by atoms with E-state index in [-0.39, 0.29) is 0 Å². The van der Waals surface area contributed by atoms with Gasteiger partial charge in [-0.2, -0.15) is 5.10 Å². The summed E-state index contributed by atoms with van der Waals surface area (Å²) in [5.41, 5.74) is 1.08. The lowest BCUT2D eigenvalue weighted by atomic mass is 10.0. The molecule has 2 heterocycles. The Morgan fingerprint density at radius 3 is 3.36 bits per heavy atom. The van der Waals surface area contributed by atoms with Gasteiger partial charge in [0.2, 0.25) is 0 Å². The van der Waals surface area contributed by atoms with E-state index in [0.29, 0.717) is 12.1 Å². The van der Waals surface area contributed by atoms with Crippen LogP contribution in [0.5, 0.6) is 0 Å². The Labute approximate surface area is 84.0 Å². The van der Waals surface area contributed by atoms with Crippen LogP contribution in [0.3, 0.4) is 0 Å². The van der Waals surface area contributed by atoms with Crippen molar-refractivity contribution in [1.29, 1.82) is 0 Å². The SMILES string of the molecule is CCC1CC(Nc2cn[nH]c2)CCO1. The predicted molar refractivity (Wildman–Crippen MR) is 55.3 cm³/mol. The highest BCUT2D eigenvalue weighted by atomic mass is 16.5. The molecule has 0 amide bonds. The molecule has 2 N–H and O–H groups in total. The lowest BCUT2D eigenvalue weighted by Gasteiger charge is -2.29. The Hall–Kier alpha value is -1.03. The summed E-state index contributed by atoms with van der Waals surface area (Å²) in [5, 5.41) is 10.2. The maximum atomic E-state index is 5.61. The minimum Gasteiger partial charge on any atom is -0.380 e. The fourth-order valence-electron chi connectivity index (χ4n) is 1.86. The zero-order valence-electron chi connectivity index (χ0n) is 8.49. The average molecular weight is 195 g/mol. The zero-order chi connectivity index (χ0) is 9.80. The van der Waals surface area contributed by atoms with Crippen molar-refractivity contribution in [1.82, 2.24) is 10.2 Å². The lowest BCUT2D eigenvalue weighted by Crippen LogP contribution is -2.33. The molecule has 0 saturated carbocycles. The summed E-state index contributed by atoms with van der Waals surface area (Å²) in [6.07, 6.45) is 7.41. The van der Waals surface area contributed by atoms with Gasteiger partial charge in [0, 0.05) is 18.8 Å². The van der Waals surface area contributed by atoms with E-state index in [9.17, 15) is 0 Å². The van der Waals surface area contributed by atoms with Crippen LogP contribution in [0.25, 0.3) is 0 Å². The summed E-state index contributed by atoms with van der Waals surface area (Å²) < 4.78 is 5.61. The predicted octanol–water partition coefficient (Wildman–Crippen LogP) is 1.78. The van der Waals surface area contributed by atoms with Crippen molar-refractivity contribution in [2.45, 2.75) is 38.3 Å². The van der Waals surface area contributed by atoms with Crippen molar-refractivity contribution in [2.75, 3.05) is 11.9 Å². The number of hydrogen-bond acceptors (Lipinski definition) is 3. The summed E-state index contributed by atoms with van der Waals surface area (Å²) in [6, 6.07) is 0.534. The summed E-state index contributed by atoms with van der Waals surface area (Å²) >= 11 is 0. The molecule has 1 fully saturated rings. The van der Waals surface area contributed by atoms with Gasteiger partial charge in [0.05, 0.1) is 18.0 Å². The highest BCUT2D eigenvalue weighted by Crippen LogP contribution is 2.19. The Morgan fingerprint density at radius 1 is 1.71 bits per heavy atom. The molecule has 0 aromatic carbocycles. The van der Waals surface area contributed by atoms with Gasteiger partial charge in [0.1, 0.15) is 0 Å². The summed E-state index contributed by atoms with van der Waals surface area (Å²) in [7, 11) is 0. The highest BCUT2D eigenvalue weighted by molar-refractivity contribution is 5.38. The van der Waals surface area contributed by atoms with Crippen molar-refractivity contribution < 1.29 is 4.74 Å². The minimum absolute atomic E-state index is 0.424. The molecule has 1 aromatic heterocycles. The fourth-order valence-corrected chi connectivity index (χ4v) is 1.86. The summed E-state index contributed by atoms with van der Waals surface area (Å²) in [5.74, 6) is 0. The topological polar surface area (TPSA) is 49.9 Å². The number of nitrogens with one attached hydrogen (secondary N) is 2. The number of anilines is 1. The molecule has 0 aliphatic carbocycles. The maximum Gasteiger partial charge on any atom is 0.0725 e. The molecule has 78 valence electrons. The first kappa shape index (κ1) is 9.52. The number of hydrogen-bond donors (Lipinski definition) is 2. The molecule has 1 aliphatic heterocycles. The minimum atomic E-state index is 0.424. The Bertz CT molecular complexity index is 260. The normalized spacial score (nSPS) is 27.5. The van der Waals surface area contributed by atoms with E-state index in [4.69, 9.17) is 4.74 Å². The van der Waals surface area contributed by atoms with E-state index in [2.05, 4.69) is 22.4 Å². The van der Waals surface area contributed by atoms with E-state index >= 15 is 0 Å². The van der Waals surface area contributed by atoms with E-state index in [1.165, 1.54) is 0 Å². The maximum absolute atomic E-state index is 5.61. The van der Waals surface area contributed by atoms with Crippen LogP contribution < -0.4 is 5.32 Å². The smallest absolute Gasteiger partial charge is 0.0725 e. The second-order valence-corrected chi connectivity index (χ2v) is 3.75. The van der Waals surface area contributed by atoms with E-state index in [1.54, 1.807) is 0 Å². The van der Waals surface area contributed by atoms with Gasteiger partial charge >= 0.3 is 0 Å². The molecule has 2 rings (SSSR count). The first-order valence-electron chi connectivity index (χ1n) is 5.25. The lowest BCUT2D eigenvalue weighted by molar-refractivity contribution is 0.00926. The van der Waals surface area contributed by atoms with E-state index in [0.717, 1.165) is 31.6 Å². The van der Waals surface area contributed by atoms with Crippen molar-refractivity contribution in [3.63, 3.8) is 0 Å². The van der Waals surface area contributed by atoms with Gasteiger partial charge < -0.3 is 10.1 Å². The highest BCUT2D eigenvalue weighted by Gasteiger charge is 2.20. The van der Waals surface area contributed by atoms with Gasteiger partial charge in [0.25, 0.3) is 0 Å². The van der Waals surface area contributed by atoms with Gasteiger partial charge in [0.15, 0.2) is 0 Å². The fraction of sp³-hybridized carbons (Fsp3) is 0.700. The number of H-pyrrole nitrogens is 1. The quantitative estimate of drug-likeness (QED) is 0.773. The average Bonchev–Trinajstić information content (AvgIpc) is 2.71. The first-order chi connectivity index (χ1) is 6.88. The monoisotopic (exact) mass is 195 g/mol. The summed E-state index contributed by atoms with van der Waals surface area (Å²) in [6.45, 7) is 3.04. The van der Waals surface area contributed by atoms with Crippen molar-refractivity contribution in [3.05, 3.63) is 12.4 Å². The number of aromatic amines is 1. The van der Waals surface area contributed by atoms with E-state index < -0.39 is 0 Å². The third-order valence-corrected chi connectivity index (χ3v) is 2.69. The van der Waals surface area contributed by atoms with Crippen LogP contribution >= 0.6 is 0 Å². The van der Waals surface area contributed by atoms with Gasteiger partial charge in [-0.15, -0.1) is 0 Å². The molecule has 1 aromatic rings. The molecule has 2 unspecified atom stereocenters. The number of rotatable bonds is 3. The Balaban J connectivity index is 1.86. The van der Waals surface area contributed by atoms with Gasteiger partial charge in [-0.1, -0.05) is 6.92 Å². The second kappa shape index (κ2) is 4.46. The number of aromatic nitrogens is 2. The van der Waals surface area contributed by atoms with Gasteiger partial charge in [-0.3, -0.25) is 5.10 Å². The molecule has 1 aliphatic rings. The molecular weight excluding hydrogens is 178 g/mol. The standard InChI is InChI=1S/C10H17N3O/c1-2-10-5-8(3-4-14-10)13-9-6-11-12-7-9/h6-8,10,13H,2-5H2,1H3,(H,11,12). The van der Waals surface area contributed by atoms with Crippen molar-refractivity contribution in [3.8, 4) is 0 Å².